The van der Waals surface area contributed by atoms with Gasteiger partial charge in [0.2, 0.25) is 5.89 Å². The molecule has 0 aromatic carbocycles. The molecule has 2 aromatic rings. The molecule has 0 spiro atoms. The highest BCUT2D eigenvalue weighted by molar-refractivity contribution is 7.99. The highest BCUT2D eigenvalue weighted by atomic mass is 32.2. The van der Waals surface area contributed by atoms with Gasteiger partial charge in [-0.1, -0.05) is 5.16 Å². The summed E-state index contributed by atoms with van der Waals surface area (Å²) >= 11 is 2.86. The Labute approximate surface area is 124 Å². The Hall–Kier alpha value is -1.74. The van der Waals surface area contributed by atoms with Crippen LogP contribution in [0, 0.1) is 0 Å². The van der Waals surface area contributed by atoms with Gasteiger partial charge in [-0.2, -0.15) is 4.98 Å². The predicted octanol–water partition coefficient (Wildman–Crippen LogP) is 1.45. The number of anilines is 2. The van der Waals surface area contributed by atoms with Crippen LogP contribution in [0.2, 0.25) is 0 Å². The first-order valence-electron chi connectivity index (χ1n) is 5.85. The third kappa shape index (κ3) is 3.05. The molecule has 108 valence electrons. The fourth-order valence-corrected chi connectivity index (χ4v) is 3.63. The molecule has 0 aliphatic rings. The van der Waals surface area contributed by atoms with E-state index in [9.17, 15) is 4.79 Å². The number of aromatic nitrogens is 2. The van der Waals surface area contributed by atoms with Crippen molar-refractivity contribution >= 4 is 39.7 Å². The summed E-state index contributed by atoms with van der Waals surface area (Å²) in [6.45, 7) is 0.628. The molecule has 7 nitrogen and oxygen atoms in total. The summed E-state index contributed by atoms with van der Waals surface area (Å²) in [7, 11) is 1.59. The fourth-order valence-electron chi connectivity index (χ4n) is 1.62. The fraction of sp³-hybridized carbons (Fsp3) is 0.364. The van der Waals surface area contributed by atoms with Gasteiger partial charge in [0.25, 0.3) is 5.91 Å². The molecule has 0 unspecified atom stereocenters. The molecule has 9 heteroatoms. The lowest BCUT2D eigenvalue weighted by molar-refractivity contribution is 0.0968. The van der Waals surface area contributed by atoms with Crippen molar-refractivity contribution in [1.29, 1.82) is 0 Å². The maximum atomic E-state index is 11.7. The van der Waals surface area contributed by atoms with Gasteiger partial charge in [-0.05, 0) is 6.26 Å². The molecule has 20 heavy (non-hydrogen) atoms. The van der Waals surface area contributed by atoms with Gasteiger partial charge in [0.05, 0.1) is 10.6 Å². The minimum absolute atomic E-state index is 0.173. The number of nitrogen functional groups attached to an aromatic ring is 1. The number of amides is 1. The van der Waals surface area contributed by atoms with Gasteiger partial charge in [-0.15, -0.1) is 23.1 Å². The molecule has 0 aliphatic carbocycles. The van der Waals surface area contributed by atoms with E-state index in [-0.39, 0.29) is 5.91 Å². The van der Waals surface area contributed by atoms with Gasteiger partial charge in [0, 0.05) is 20.0 Å². The van der Waals surface area contributed by atoms with Gasteiger partial charge in [-0.25, -0.2) is 0 Å². The zero-order valence-electron chi connectivity index (χ0n) is 11.1. The molecule has 0 atom stereocenters. The Morgan fingerprint density at radius 2 is 2.40 bits per heavy atom. The van der Waals surface area contributed by atoms with Crippen molar-refractivity contribution in [3.63, 3.8) is 0 Å². The Balaban J connectivity index is 2.08. The zero-order chi connectivity index (χ0) is 14.5. The first-order valence-corrected chi connectivity index (χ1v) is 7.89. The molecular formula is C11H15N5O2S2. The summed E-state index contributed by atoms with van der Waals surface area (Å²) in [4.78, 5) is 17.1. The summed E-state index contributed by atoms with van der Waals surface area (Å²) in [6, 6.07) is 0. The van der Waals surface area contributed by atoms with Crippen LogP contribution in [0.15, 0.2) is 15.7 Å². The molecule has 1 amide bonds. The molecule has 0 saturated carbocycles. The standard InChI is InChI=1S/C11H15N5O2S2/c1-13-10(17)8-7(12)9(19-2)11(20-8)14-4-3-6-15-5-16-18-6/h5,14H,3-4,12H2,1-2H3,(H,13,17). The average molecular weight is 313 g/mol. The average Bonchev–Trinajstić information content (AvgIpc) is 3.06. The van der Waals surface area contributed by atoms with Crippen LogP contribution >= 0.6 is 23.1 Å². The lowest BCUT2D eigenvalue weighted by Gasteiger charge is -2.04. The van der Waals surface area contributed by atoms with E-state index in [2.05, 4.69) is 20.8 Å². The molecular weight excluding hydrogens is 298 g/mol. The van der Waals surface area contributed by atoms with Crippen LogP contribution < -0.4 is 16.4 Å². The number of rotatable bonds is 6. The second kappa shape index (κ2) is 6.62. The van der Waals surface area contributed by atoms with Gasteiger partial charge in [-0.3, -0.25) is 4.79 Å². The smallest absolute Gasteiger partial charge is 0.263 e. The molecule has 0 fully saturated rings. The zero-order valence-corrected chi connectivity index (χ0v) is 12.7. The lowest BCUT2D eigenvalue weighted by Crippen LogP contribution is -2.17. The van der Waals surface area contributed by atoms with E-state index >= 15 is 0 Å². The van der Waals surface area contributed by atoms with Crippen LogP contribution in [0.25, 0.3) is 0 Å². The van der Waals surface area contributed by atoms with Crippen LogP contribution in [0.5, 0.6) is 0 Å². The summed E-state index contributed by atoms with van der Waals surface area (Å²) in [6.07, 6.45) is 3.91. The van der Waals surface area contributed by atoms with Crippen LogP contribution in [-0.2, 0) is 6.42 Å². The van der Waals surface area contributed by atoms with Crippen molar-refractivity contribution in [1.82, 2.24) is 15.5 Å². The highest BCUT2D eigenvalue weighted by Crippen LogP contribution is 2.41. The third-order valence-corrected chi connectivity index (χ3v) is 4.69. The summed E-state index contributed by atoms with van der Waals surface area (Å²) < 4.78 is 4.92. The second-order valence-corrected chi connectivity index (χ2v) is 5.64. The van der Waals surface area contributed by atoms with Gasteiger partial charge >= 0.3 is 0 Å². The number of carbonyl (C=O) groups excluding carboxylic acids is 1. The number of nitrogens with one attached hydrogen (secondary N) is 2. The van der Waals surface area contributed by atoms with Crippen LogP contribution in [0.1, 0.15) is 15.6 Å². The number of carbonyl (C=O) groups is 1. The van der Waals surface area contributed by atoms with E-state index in [1.165, 1.54) is 29.4 Å². The SMILES string of the molecule is CNC(=O)c1sc(NCCc2ncno2)c(SC)c1N. The van der Waals surface area contributed by atoms with E-state index in [0.29, 0.717) is 29.4 Å². The van der Waals surface area contributed by atoms with Crippen LogP contribution in [0.4, 0.5) is 10.7 Å². The number of hydrogen-bond acceptors (Lipinski definition) is 8. The van der Waals surface area contributed by atoms with E-state index in [4.69, 9.17) is 10.3 Å². The maximum absolute atomic E-state index is 11.7. The van der Waals surface area contributed by atoms with Crippen LogP contribution in [0.3, 0.4) is 0 Å². The molecule has 2 heterocycles. The minimum atomic E-state index is -0.173. The van der Waals surface area contributed by atoms with E-state index in [1.807, 2.05) is 6.26 Å². The van der Waals surface area contributed by atoms with Gasteiger partial charge < -0.3 is 20.9 Å². The van der Waals surface area contributed by atoms with Crippen molar-refractivity contribution in [3.05, 3.63) is 17.1 Å². The number of nitrogens with two attached hydrogens (primary N) is 1. The maximum Gasteiger partial charge on any atom is 0.263 e. The number of thiophene rings is 1. The summed E-state index contributed by atoms with van der Waals surface area (Å²) in [5.74, 6) is 0.395. The van der Waals surface area contributed by atoms with Gasteiger partial charge in [0.1, 0.15) is 9.88 Å². The first-order chi connectivity index (χ1) is 9.67. The monoisotopic (exact) mass is 313 g/mol. The van der Waals surface area contributed by atoms with Crippen molar-refractivity contribution in [3.8, 4) is 0 Å². The minimum Gasteiger partial charge on any atom is -0.396 e. The Morgan fingerprint density at radius 3 is 3.00 bits per heavy atom. The molecule has 2 aromatic heterocycles. The Morgan fingerprint density at radius 1 is 1.60 bits per heavy atom. The molecule has 0 radical (unpaired) electrons. The Bertz CT molecular complexity index is 582. The Kier molecular flexibility index (Phi) is 4.85. The van der Waals surface area contributed by atoms with Crippen molar-refractivity contribution in [2.75, 3.05) is 30.9 Å². The number of hydrogen-bond donors (Lipinski definition) is 3. The van der Waals surface area contributed by atoms with Crippen molar-refractivity contribution < 1.29 is 9.32 Å². The van der Waals surface area contributed by atoms with Crippen LogP contribution in [-0.4, -0.2) is 35.9 Å². The van der Waals surface area contributed by atoms with E-state index in [1.54, 1.807) is 7.05 Å². The third-order valence-electron chi connectivity index (χ3n) is 2.57. The van der Waals surface area contributed by atoms with Gasteiger partial charge in [0.15, 0.2) is 6.33 Å². The summed E-state index contributed by atoms with van der Waals surface area (Å²) in [5, 5.41) is 10.3. The second-order valence-electron chi connectivity index (χ2n) is 3.80. The molecule has 4 N–H and O–H groups in total. The lowest BCUT2D eigenvalue weighted by atomic mass is 10.3. The largest absolute Gasteiger partial charge is 0.396 e. The molecule has 2 rings (SSSR count). The number of thioether (sulfide) groups is 1. The quantitative estimate of drug-likeness (QED) is 0.693. The normalized spacial score (nSPS) is 10.5. The number of nitrogens with zero attached hydrogens (tertiary/aromatic N) is 2. The molecule has 0 aliphatic heterocycles. The van der Waals surface area contributed by atoms with Crippen molar-refractivity contribution in [2.45, 2.75) is 11.3 Å². The summed E-state index contributed by atoms with van der Waals surface area (Å²) in [5.41, 5.74) is 6.52. The molecule has 0 bridgehead atoms. The van der Waals surface area contributed by atoms with E-state index in [0.717, 1.165) is 9.90 Å². The molecule has 0 saturated heterocycles. The topological polar surface area (TPSA) is 106 Å². The van der Waals surface area contributed by atoms with E-state index < -0.39 is 0 Å². The first kappa shape index (κ1) is 14.7. The highest BCUT2D eigenvalue weighted by Gasteiger charge is 2.19. The van der Waals surface area contributed by atoms with Crippen molar-refractivity contribution in [2.24, 2.45) is 0 Å². The predicted molar refractivity (Wildman–Crippen MR) is 80.4 cm³/mol.